The van der Waals surface area contributed by atoms with Gasteiger partial charge in [-0.1, -0.05) is 25.1 Å². The maximum Gasteiger partial charge on any atom is 0.0456 e. The number of hydrogen-bond donors (Lipinski definition) is 2. The second-order valence-electron chi connectivity index (χ2n) is 4.57. The molecule has 1 heterocycles. The van der Waals surface area contributed by atoms with Gasteiger partial charge in [0, 0.05) is 17.1 Å². The van der Waals surface area contributed by atoms with E-state index in [1.54, 1.807) is 0 Å². The van der Waals surface area contributed by atoms with Crippen molar-refractivity contribution in [1.29, 1.82) is 0 Å². The van der Waals surface area contributed by atoms with E-state index in [4.69, 9.17) is 0 Å². The molecule has 2 aromatic rings. The van der Waals surface area contributed by atoms with Gasteiger partial charge in [-0.05, 0) is 50.4 Å². The van der Waals surface area contributed by atoms with Crippen LogP contribution in [-0.4, -0.2) is 18.1 Å². The summed E-state index contributed by atoms with van der Waals surface area (Å²) in [6.07, 6.45) is 7.09. The summed E-state index contributed by atoms with van der Waals surface area (Å²) in [5, 5.41) is 4.83. The minimum atomic E-state index is 1.15. The Bertz CT molecular complexity index is 445. The van der Waals surface area contributed by atoms with E-state index in [9.17, 15) is 0 Å². The van der Waals surface area contributed by atoms with Crippen LogP contribution in [0.15, 0.2) is 30.5 Å². The third kappa shape index (κ3) is 3.34. The molecule has 0 bridgehead atoms. The average molecular weight is 230 g/mol. The first-order valence-electron chi connectivity index (χ1n) is 6.67. The van der Waals surface area contributed by atoms with Crippen LogP contribution in [0.3, 0.4) is 0 Å². The van der Waals surface area contributed by atoms with E-state index in [2.05, 4.69) is 47.7 Å². The van der Waals surface area contributed by atoms with Crippen LogP contribution in [0.5, 0.6) is 0 Å². The molecule has 2 N–H and O–H groups in total. The molecule has 0 fully saturated rings. The summed E-state index contributed by atoms with van der Waals surface area (Å²) in [5.41, 5.74) is 2.71. The number of fused-ring (bicyclic) bond motifs is 1. The number of aryl methyl sites for hydroxylation is 1. The fourth-order valence-corrected chi connectivity index (χ4v) is 2.21. The van der Waals surface area contributed by atoms with Crippen molar-refractivity contribution in [3.05, 3.63) is 36.0 Å². The number of aromatic nitrogens is 1. The number of para-hydroxylation sites is 1. The first kappa shape index (κ1) is 12.2. The van der Waals surface area contributed by atoms with Gasteiger partial charge in [0.2, 0.25) is 0 Å². The molecular weight excluding hydrogens is 208 g/mol. The highest BCUT2D eigenvalue weighted by molar-refractivity contribution is 5.82. The summed E-state index contributed by atoms with van der Waals surface area (Å²) >= 11 is 0. The van der Waals surface area contributed by atoms with Gasteiger partial charge in [-0.3, -0.25) is 0 Å². The number of unbranched alkanes of at least 4 members (excludes halogenated alkanes) is 1. The predicted molar refractivity (Wildman–Crippen MR) is 74.4 cm³/mol. The van der Waals surface area contributed by atoms with Crippen LogP contribution in [0, 0.1) is 0 Å². The zero-order chi connectivity index (χ0) is 11.9. The molecule has 0 atom stereocenters. The van der Waals surface area contributed by atoms with E-state index in [0.29, 0.717) is 0 Å². The predicted octanol–water partition coefficient (Wildman–Crippen LogP) is 3.49. The molecule has 0 saturated carbocycles. The molecule has 2 nitrogen and oxygen atoms in total. The summed E-state index contributed by atoms with van der Waals surface area (Å²) in [6, 6.07) is 8.54. The second-order valence-corrected chi connectivity index (χ2v) is 4.57. The van der Waals surface area contributed by atoms with Crippen molar-refractivity contribution >= 4 is 10.9 Å². The van der Waals surface area contributed by atoms with Crippen molar-refractivity contribution in [3.8, 4) is 0 Å². The lowest BCUT2D eigenvalue weighted by atomic mass is 10.1. The zero-order valence-corrected chi connectivity index (χ0v) is 10.6. The first-order valence-corrected chi connectivity index (χ1v) is 6.67. The molecule has 0 spiro atoms. The summed E-state index contributed by atoms with van der Waals surface area (Å²) < 4.78 is 0. The molecule has 92 valence electrons. The fraction of sp³-hybridized carbons (Fsp3) is 0.467. The summed E-state index contributed by atoms with van der Waals surface area (Å²) in [7, 11) is 0. The monoisotopic (exact) mass is 230 g/mol. The van der Waals surface area contributed by atoms with Crippen molar-refractivity contribution in [3.63, 3.8) is 0 Å². The van der Waals surface area contributed by atoms with E-state index in [1.807, 2.05) is 0 Å². The molecule has 1 aromatic heterocycles. The topological polar surface area (TPSA) is 27.8 Å². The Hall–Kier alpha value is -1.28. The third-order valence-corrected chi connectivity index (χ3v) is 3.15. The minimum Gasteiger partial charge on any atom is -0.361 e. The van der Waals surface area contributed by atoms with Gasteiger partial charge in [-0.2, -0.15) is 0 Å². The molecule has 0 radical (unpaired) electrons. The van der Waals surface area contributed by atoms with Gasteiger partial charge in [-0.25, -0.2) is 0 Å². The Balaban J connectivity index is 1.79. The molecule has 0 amide bonds. The van der Waals surface area contributed by atoms with Crippen molar-refractivity contribution < 1.29 is 0 Å². The molecular formula is C15H22N2. The van der Waals surface area contributed by atoms with Gasteiger partial charge in [0.25, 0.3) is 0 Å². The zero-order valence-electron chi connectivity index (χ0n) is 10.6. The molecule has 0 aliphatic rings. The average Bonchev–Trinajstić information content (AvgIpc) is 2.77. The van der Waals surface area contributed by atoms with Crippen LogP contribution in [0.4, 0.5) is 0 Å². The normalized spacial score (nSPS) is 11.1. The molecule has 0 aliphatic carbocycles. The highest BCUT2D eigenvalue weighted by Crippen LogP contribution is 2.19. The SMILES string of the molecule is CCCNCCCCc1c[nH]c2ccccc12. The van der Waals surface area contributed by atoms with Gasteiger partial charge in [0.1, 0.15) is 0 Å². The van der Waals surface area contributed by atoms with Crippen LogP contribution in [0.2, 0.25) is 0 Å². The number of nitrogens with one attached hydrogen (secondary N) is 2. The van der Waals surface area contributed by atoms with Gasteiger partial charge in [0.15, 0.2) is 0 Å². The van der Waals surface area contributed by atoms with Crippen LogP contribution in [0.25, 0.3) is 10.9 Å². The Morgan fingerprint density at radius 2 is 2.00 bits per heavy atom. The maximum absolute atomic E-state index is 3.44. The van der Waals surface area contributed by atoms with Crippen LogP contribution < -0.4 is 5.32 Å². The lowest BCUT2D eigenvalue weighted by Gasteiger charge is -2.02. The fourth-order valence-electron chi connectivity index (χ4n) is 2.21. The Kier molecular flexibility index (Phi) is 4.63. The summed E-state index contributed by atoms with van der Waals surface area (Å²) in [6.45, 7) is 4.50. The Morgan fingerprint density at radius 3 is 2.88 bits per heavy atom. The van der Waals surface area contributed by atoms with E-state index in [-0.39, 0.29) is 0 Å². The molecule has 0 unspecified atom stereocenters. The smallest absolute Gasteiger partial charge is 0.0456 e. The number of H-pyrrole nitrogens is 1. The van der Waals surface area contributed by atoms with Crippen molar-refractivity contribution in [2.75, 3.05) is 13.1 Å². The van der Waals surface area contributed by atoms with E-state index >= 15 is 0 Å². The van der Waals surface area contributed by atoms with E-state index in [0.717, 1.165) is 13.1 Å². The van der Waals surface area contributed by atoms with E-state index < -0.39 is 0 Å². The van der Waals surface area contributed by atoms with Crippen molar-refractivity contribution in [2.24, 2.45) is 0 Å². The number of aromatic amines is 1. The second kappa shape index (κ2) is 6.45. The standard InChI is InChI=1S/C15H22N2/c1-2-10-16-11-6-5-7-13-12-17-15-9-4-3-8-14(13)15/h3-4,8-9,12,16-17H,2,5-7,10-11H2,1H3. The molecule has 0 saturated heterocycles. The highest BCUT2D eigenvalue weighted by Gasteiger charge is 2.01. The number of rotatable bonds is 7. The van der Waals surface area contributed by atoms with Gasteiger partial charge >= 0.3 is 0 Å². The van der Waals surface area contributed by atoms with Crippen LogP contribution in [0.1, 0.15) is 31.7 Å². The van der Waals surface area contributed by atoms with Gasteiger partial charge in [0.05, 0.1) is 0 Å². The Morgan fingerprint density at radius 1 is 1.12 bits per heavy atom. The van der Waals surface area contributed by atoms with Crippen LogP contribution >= 0.6 is 0 Å². The quantitative estimate of drug-likeness (QED) is 0.700. The van der Waals surface area contributed by atoms with Crippen molar-refractivity contribution in [2.45, 2.75) is 32.6 Å². The molecule has 17 heavy (non-hydrogen) atoms. The van der Waals surface area contributed by atoms with Crippen LogP contribution in [-0.2, 0) is 6.42 Å². The molecule has 0 aliphatic heterocycles. The molecule has 2 heteroatoms. The van der Waals surface area contributed by atoms with Crippen molar-refractivity contribution in [1.82, 2.24) is 10.3 Å². The molecule has 2 rings (SSSR count). The lowest BCUT2D eigenvalue weighted by molar-refractivity contribution is 0.617. The maximum atomic E-state index is 3.44. The summed E-state index contributed by atoms with van der Waals surface area (Å²) in [5.74, 6) is 0. The summed E-state index contributed by atoms with van der Waals surface area (Å²) in [4.78, 5) is 3.33. The lowest BCUT2D eigenvalue weighted by Crippen LogP contribution is -2.15. The number of benzene rings is 1. The highest BCUT2D eigenvalue weighted by atomic mass is 14.8. The minimum absolute atomic E-state index is 1.15. The van der Waals surface area contributed by atoms with Gasteiger partial charge < -0.3 is 10.3 Å². The Labute approximate surface area is 103 Å². The largest absolute Gasteiger partial charge is 0.361 e. The first-order chi connectivity index (χ1) is 8.42. The van der Waals surface area contributed by atoms with Gasteiger partial charge in [-0.15, -0.1) is 0 Å². The number of hydrogen-bond acceptors (Lipinski definition) is 1. The molecule has 1 aromatic carbocycles. The van der Waals surface area contributed by atoms with E-state index in [1.165, 1.54) is 42.1 Å². The third-order valence-electron chi connectivity index (χ3n) is 3.15.